The number of nitrogens with one attached hydrogen (secondary N) is 3. The number of hydrogen-bond donors (Lipinski definition) is 3. The van der Waals surface area contributed by atoms with Gasteiger partial charge in [0.2, 0.25) is 11.1 Å². The molecule has 1 atom stereocenters. The molecule has 3 aromatic rings. The molecule has 0 spiro atoms. The molecule has 0 aliphatic heterocycles. The van der Waals surface area contributed by atoms with Crippen LogP contribution < -0.4 is 10.6 Å². The number of aromatic nitrogens is 3. The molecule has 9 heteroatoms. The molecule has 1 heterocycles. The van der Waals surface area contributed by atoms with E-state index in [1.807, 2.05) is 19.9 Å². The molecule has 162 valence electrons. The first-order chi connectivity index (χ1) is 14.8. The minimum Gasteiger partial charge on any atom is -0.342 e. The molecule has 2 aromatic carbocycles. The molecule has 1 aromatic heterocycles. The number of thioether (sulfide) groups is 1. The van der Waals surface area contributed by atoms with Gasteiger partial charge in [0.25, 0.3) is 5.91 Å². The lowest BCUT2D eigenvalue weighted by atomic mass is 10.0. The molecule has 31 heavy (non-hydrogen) atoms. The van der Waals surface area contributed by atoms with Crippen LogP contribution in [0, 0.1) is 18.7 Å². The molecular weight excluding hydrogens is 417 g/mol. The van der Waals surface area contributed by atoms with Crippen molar-refractivity contribution in [2.24, 2.45) is 5.92 Å². The van der Waals surface area contributed by atoms with Crippen molar-refractivity contribution in [3.63, 3.8) is 0 Å². The molecule has 7 nitrogen and oxygen atoms in total. The Hall–Kier alpha value is -3.20. The third kappa shape index (κ3) is 6.14. The molecule has 0 fully saturated rings. The molecule has 2 amide bonds. The Balaban J connectivity index is 1.60. The van der Waals surface area contributed by atoms with E-state index < -0.39 is 5.82 Å². The zero-order chi connectivity index (χ0) is 22.4. The monoisotopic (exact) mass is 441 g/mol. The number of carbonyl (C=O) groups is 2. The largest absolute Gasteiger partial charge is 0.342 e. The first-order valence-corrected chi connectivity index (χ1v) is 10.8. The van der Waals surface area contributed by atoms with Crippen LogP contribution in [0.25, 0.3) is 0 Å². The van der Waals surface area contributed by atoms with Gasteiger partial charge in [0, 0.05) is 11.3 Å². The van der Waals surface area contributed by atoms with E-state index in [2.05, 4.69) is 25.8 Å². The number of rotatable bonds is 8. The predicted molar refractivity (Wildman–Crippen MR) is 118 cm³/mol. The average molecular weight is 442 g/mol. The lowest BCUT2D eigenvalue weighted by molar-refractivity contribution is -0.113. The van der Waals surface area contributed by atoms with Gasteiger partial charge >= 0.3 is 0 Å². The number of hydrogen-bond acceptors (Lipinski definition) is 5. The van der Waals surface area contributed by atoms with E-state index in [9.17, 15) is 14.0 Å². The van der Waals surface area contributed by atoms with E-state index >= 15 is 0 Å². The Labute approximate surface area is 184 Å². The highest BCUT2D eigenvalue weighted by Gasteiger charge is 2.23. The first kappa shape index (κ1) is 22.5. The Morgan fingerprint density at radius 2 is 1.90 bits per heavy atom. The lowest BCUT2D eigenvalue weighted by Gasteiger charge is -2.19. The minimum atomic E-state index is -0.413. The van der Waals surface area contributed by atoms with Gasteiger partial charge in [0.05, 0.1) is 11.8 Å². The lowest BCUT2D eigenvalue weighted by Crippen LogP contribution is -2.32. The third-order valence-electron chi connectivity index (χ3n) is 4.57. The molecule has 0 bridgehead atoms. The number of halogens is 1. The van der Waals surface area contributed by atoms with Crippen LogP contribution in [-0.2, 0) is 4.79 Å². The number of benzene rings is 2. The predicted octanol–water partition coefficient (Wildman–Crippen LogP) is 4.11. The second-order valence-electron chi connectivity index (χ2n) is 7.36. The van der Waals surface area contributed by atoms with Gasteiger partial charge in [-0.3, -0.25) is 14.7 Å². The molecule has 0 saturated carbocycles. The van der Waals surface area contributed by atoms with Crippen LogP contribution in [-0.4, -0.2) is 32.7 Å². The summed E-state index contributed by atoms with van der Waals surface area (Å²) in [5, 5.41) is 13.1. The van der Waals surface area contributed by atoms with Crippen molar-refractivity contribution in [1.29, 1.82) is 0 Å². The van der Waals surface area contributed by atoms with E-state index in [-0.39, 0.29) is 29.5 Å². The smallest absolute Gasteiger partial charge is 0.251 e. The van der Waals surface area contributed by atoms with Crippen molar-refractivity contribution in [3.05, 3.63) is 71.3 Å². The summed E-state index contributed by atoms with van der Waals surface area (Å²) >= 11 is 1.15. The fourth-order valence-corrected chi connectivity index (χ4v) is 3.48. The quantitative estimate of drug-likeness (QED) is 0.457. The van der Waals surface area contributed by atoms with Crippen LogP contribution in [0.4, 0.5) is 10.1 Å². The van der Waals surface area contributed by atoms with Crippen LogP contribution in [0.15, 0.2) is 53.7 Å². The second-order valence-corrected chi connectivity index (χ2v) is 8.30. The van der Waals surface area contributed by atoms with Crippen molar-refractivity contribution in [1.82, 2.24) is 20.5 Å². The van der Waals surface area contributed by atoms with Crippen molar-refractivity contribution < 1.29 is 14.0 Å². The third-order valence-corrected chi connectivity index (χ3v) is 5.42. The van der Waals surface area contributed by atoms with Crippen LogP contribution in [0.3, 0.4) is 0 Å². The maximum absolute atomic E-state index is 13.4. The summed E-state index contributed by atoms with van der Waals surface area (Å²) in [6.45, 7) is 5.74. The molecule has 1 unspecified atom stereocenters. The average Bonchev–Trinajstić information content (AvgIpc) is 3.22. The molecule has 0 aliphatic rings. The van der Waals surface area contributed by atoms with Gasteiger partial charge in [-0.05, 0) is 42.7 Å². The van der Waals surface area contributed by atoms with Gasteiger partial charge in [-0.15, -0.1) is 5.10 Å². The SMILES string of the molecule is Cc1ccc(F)cc1NC(=O)CSc1n[nH]c(C(NC(=O)c2ccccc2)C(C)C)n1. The van der Waals surface area contributed by atoms with Crippen molar-refractivity contribution >= 4 is 29.3 Å². The topological polar surface area (TPSA) is 99.8 Å². The number of H-pyrrole nitrogens is 1. The van der Waals surface area contributed by atoms with Crippen molar-refractivity contribution in [3.8, 4) is 0 Å². The van der Waals surface area contributed by atoms with Gasteiger partial charge in [-0.2, -0.15) is 0 Å². The van der Waals surface area contributed by atoms with Crippen LogP contribution >= 0.6 is 11.8 Å². The summed E-state index contributed by atoms with van der Waals surface area (Å²) in [6, 6.07) is 12.8. The van der Waals surface area contributed by atoms with Gasteiger partial charge in [-0.25, -0.2) is 9.37 Å². The van der Waals surface area contributed by atoms with E-state index in [4.69, 9.17) is 0 Å². The summed E-state index contributed by atoms with van der Waals surface area (Å²) in [4.78, 5) is 29.2. The standard InChI is InChI=1S/C22H24FN5O2S/c1-13(2)19(25-21(30)15-7-5-4-6-8-15)20-26-22(28-27-20)31-12-18(29)24-17-11-16(23)10-9-14(17)3/h4-11,13,19H,12H2,1-3H3,(H,24,29)(H,25,30)(H,26,27,28). The molecule has 0 radical (unpaired) electrons. The van der Waals surface area contributed by atoms with Gasteiger partial charge < -0.3 is 10.6 Å². The summed E-state index contributed by atoms with van der Waals surface area (Å²) in [5.41, 5.74) is 1.77. The highest BCUT2D eigenvalue weighted by Crippen LogP contribution is 2.22. The number of aromatic amines is 1. The van der Waals surface area contributed by atoms with E-state index in [0.29, 0.717) is 22.2 Å². The summed E-state index contributed by atoms with van der Waals surface area (Å²) < 4.78 is 13.4. The van der Waals surface area contributed by atoms with E-state index in [1.165, 1.54) is 12.1 Å². The highest BCUT2D eigenvalue weighted by molar-refractivity contribution is 7.99. The zero-order valence-electron chi connectivity index (χ0n) is 17.5. The van der Waals surface area contributed by atoms with Crippen LogP contribution in [0.1, 0.15) is 41.6 Å². The van der Waals surface area contributed by atoms with Crippen molar-refractivity contribution in [2.75, 3.05) is 11.1 Å². The number of carbonyl (C=O) groups excluding carboxylic acids is 2. The molecule has 3 N–H and O–H groups in total. The normalized spacial score (nSPS) is 11.9. The number of anilines is 1. The maximum Gasteiger partial charge on any atom is 0.251 e. The Morgan fingerprint density at radius 1 is 1.16 bits per heavy atom. The summed E-state index contributed by atoms with van der Waals surface area (Å²) in [5.74, 6) is -0.251. The maximum atomic E-state index is 13.4. The molecule has 0 aliphatic carbocycles. The Morgan fingerprint density at radius 3 is 2.61 bits per heavy atom. The summed E-state index contributed by atoms with van der Waals surface area (Å²) in [6.07, 6.45) is 0. The van der Waals surface area contributed by atoms with Gasteiger partial charge in [0.1, 0.15) is 11.6 Å². The van der Waals surface area contributed by atoms with Crippen molar-refractivity contribution in [2.45, 2.75) is 32.0 Å². The van der Waals surface area contributed by atoms with Gasteiger partial charge in [0.15, 0.2) is 0 Å². The number of amides is 2. The second kappa shape index (κ2) is 10.2. The van der Waals surface area contributed by atoms with E-state index in [0.717, 1.165) is 17.3 Å². The fourth-order valence-electron chi connectivity index (χ4n) is 2.87. The molecule has 3 rings (SSSR count). The number of aryl methyl sites for hydroxylation is 1. The van der Waals surface area contributed by atoms with Crippen LogP contribution in [0.2, 0.25) is 0 Å². The fraction of sp³-hybridized carbons (Fsp3) is 0.273. The summed E-state index contributed by atoms with van der Waals surface area (Å²) in [7, 11) is 0. The van der Waals surface area contributed by atoms with E-state index in [1.54, 1.807) is 37.3 Å². The minimum absolute atomic E-state index is 0.0654. The van der Waals surface area contributed by atoms with Gasteiger partial charge in [-0.1, -0.05) is 49.9 Å². The molecular formula is C22H24FN5O2S. The highest BCUT2D eigenvalue weighted by atomic mass is 32.2. The first-order valence-electron chi connectivity index (χ1n) is 9.80. The Bertz CT molecular complexity index is 1060. The zero-order valence-corrected chi connectivity index (χ0v) is 18.3. The molecule has 0 saturated heterocycles. The number of nitrogens with zero attached hydrogens (tertiary/aromatic N) is 2. The van der Waals surface area contributed by atoms with Crippen LogP contribution in [0.5, 0.6) is 0 Å². The Kier molecular flexibility index (Phi) is 7.41.